The average molecular weight is 208 g/mol. The molecule has 15 heavy (non-hydrogen) atoms. The van der Waals surface area contributed by atoms with Gasteiger partial charge in [0.15, 0.2) is 11.5 Å². The molecule has 1 aliphatic heterocycles. The van der Waals surface area contributed by atoms with Gasteiger partial charge in [0.1, 0.15) is 10.7 Å². The first-order chi connectivity index (χ1) is 7.00. The number of amides is 2. The first kappa shape index (κ1) is 9.13. The summed E-state index contributed by atoms with van der Waals surface area (Å²) in [6.07, 6.45) is 0. The highest BCUT2D eigenvalue weighted by Gasteiger charge is 2.20. The van der Waals surface area contributed by atoms with Crippen molar-refractivity contribution in [1.29, 1.82) is 0 Å². The van der Waals surface area contributed by atoms with Gasteiger partial charge in [-0.25, -0.2) is 4.99 Å². The lowest BCUT2D eigenvalue weighted by atomic mass is 10.2. The van der Waals surface area contributed by atoms with Gasteiger partial charge in [0.25, 0.3) is 0 Å². The number of aromatic hydroxyl groups is 3. The molecule has 0 atom stereocenters. The predicted octanol–water partition coefficient (Wildman–Crippen LogP) is -1.89. The molecule has 1 aliphatic rings. The number of fused-ring (bicyclic) bond motifs is 1. The van der Waals surface area contributed by atoms with Gasteiger partial charge in [0.05, 0.1) is 0 Å². The summed E-state index contributed by atoms with van der Waals surface area (Å²) in [5, 5.41) is 27.0. The van der Waals surface area contributed by atoms with Gasteiger partial charge in [0, 0.05) is 6.07 Å². The van der Waals surface area contributed by atoms with Crippen LogP contribution in [0.2, 0.25) is 0 Å². The molecule has 0 bridgehead atoms. The number of benzene rings is 1. The normalized spacial score (nSPS) is 14.1. The molecule has 7 nitrogen and oxygen atoms in total. The van der Waals surface area contributed by atoms with E-state index in [0.717, 1.165) is 6.07 Å². The van der Waals surface area contributed by atoms with E-state index in [1.165, 1.54) is 0 Å². The number of phenolic OH excluding ortho intramolecular Hbond substituents is 3. The molecule has 0 saturated heterocycles. The van der Waals surface area contributed by atoms with Crippen LogP contribution in [-0.4, -0.2) is 27.1 Å². The van der Waals surface area contributed by atoms with Crippen molar-refractivity contribution >= 4 is 11.8 Å². The highest BCUT2D eigenvalue weighted by molar-refractivity contribution is 6.36. The summed E-state index contributed by atoms with van der Waals surface area (Å²) in [6.45, 7) is 0. The van der Waals surface area contributed by atoms with Crippen molar-refractivity contribution in [3.63, 3.8) is 0 Å². The Hall–Kier alpha value is -2.44. The molecular formula is C8H4N2O5. The van der Waals surface area contributed by atoms with Crippen molar-refractivity contribution in [2.45, 2.75) is 0 Å². The number of nitrogens with zero attached hydrogens (tertiary/aromatic N) is 2. The standard InChI is InChI=1S/C8H4N2O5/c11-3-1-2-4(6(13)5(3)12)10-8(15)7(14)9-2/h1,11-13H. The fourth-order valence-electron chi connectivity index (χ4n) is 1.12. The minimum Gasteiger partial charge on any atom is -0.504 e. The van der Waals surface area contributed by atoms with E-state index in [2.05, 4.69) is 9.98 Å². The van der Waals surface area contributed by atoms with Crippen molar-refractivity contribution in [1.82, 2.24) is 0 Å². The zero-order valence-corrected chi connectivity index (χ0v) is 7.13. The average Bonchev–Trinajstić information content (AvgIpc) is 2.19. The third kappa shape index (κ3) is 1.21. The van der Waals surface area contributed by atoms with Crippen molar-refractivity contribution in [2.75, 3.05) is 0 Å². The molecule has 2 amide bonds. The van der Waals surface area contributed by atoms with Crippen LogP contribution < -0.4 is 10.7 Å². The number of hydrogen-bond acceptors (Lipinski definition) is 5. The number of phenols is 3. The van der Waals surface area contributed by atoms with Crippen LogP contribution in [0.4, 0.5) is 0 Å². The quantitative estimate of drug-likeness (QED) is 0.340. The lowest BCUT2D eigenvalue weighted by Crippen LogP contribution is -2.34. The summed E-state index contributed by atoms with van der Waals surface area (Å²) >= 11 is 0. The molecule has 2 rings (SSSR count). The molecule has 1 aromatic rings. The van der Waals surface area contributed by atoms with Crippen LogP contribution in [0.1, 0.15) is 0 Å². The SMILES string of the molecule is O=C1N=c2cc(O)c(O)c(O)c2=NC1=O. The van der Waals surface area contributed by atoms with Gasteiger partial charge in [-0.2, -0.15) is 4.99 Å². The Morgan fingerprint density at radius 3 is 2.20 bits per heavy atom. The summed E-state index contributed by atoms with van der Waals surface area (Å²) < 4.78 is 0. The molecule has 0 aliphatic carbocycles. The second-order valence-electron chi connectivity index (χ2n) is 2.79. The van der Waals surface area contributed by atoms with Crippen molar-refractivity contribution < 1.29 is 24.9 Å². The van der Waals surface area contributed by atoms with Crippen LogP contribution in [0.15, 0.2) is 16.1 Å². The summed E-state index contributed by atoms with van der Waals surface area (Å²) in [6, 6.07) is 0.929. The minimum absolute atomic E-state index is 0.160. The van der Waals surface area contributed by atoms with E-state index in [-0.39, 0.29) is 10.7 Å². The zero-order chi connectivity index (χ0) is 11.2. The second-order valence-corrected chi connectivity index (χ2v) is 2.79. The van der Waals surface area contributed by atoms with Crippen molar-refractivity contribution in [3.05, 3.63) is 16.8 Å². The molecule has 76 valence electrons. The Kier molecular flexibility index (Phi) is 1.69. The highest BCUT2D eigenvalue weighted by atomic mass is 16.3. The molecule has 1 heterocycles. The van der Waals surface area contributed by atoms with Crippen molar-refractivity contribution in [2.24, 2.45) is 9.98 Å². The van der Waals surface area contributed by atoms with E-state index in [1.54, 1.807) is 0 Å². The van der Waals surface area contributed by atoms with Crippen LogP contribution in [-0.2, 0) is 9.59 Å². The van der Waals surface area contributed by atoms with E-state index >= 15 is 0 Å². The molecule has 0 radical (unpaired) electrons. The Balaban J connectivity index is 2.97. The maximum absolute atomic E-state index is 10.8. The third-order valence-electron chi connectivity index (χ3n) is 1.83. The molecule has 0 unspecified atom stereocenters. The van der Waals surface area contributed by atoms with Gasteiger partial charge in [-0.1, -0.05) is 0 Å². The van der Waals surface area contributed by atoms with Gasteiger partial charge < -0.3 is 15.3 Å². The largest absolute Gasteiger partial charge is 0.504 e. The fourth-order valence-corrected chi connectivity index (χ4v) is 1.12. The second kappa shape index (κ2) is 2.77. The number of carbonyl (C=O) groups excluding carboxylic acids is 2. The Morgan fingerprint density at radius 2 is 1.53 bits per heavy atom. The smallest absolute Gasteiger partial charge is 0.338 e. The van der Waals surface area contributed by atoms with Gasteiger partial charge in [-0.05, 0) is 0 Å². The topological polar surface area (TPSA) is 120 Å². The molecule has 0 aromatic heterocycles. The predicted molar refractivity (Wildman–Crippen MR) is 43.8 cm³/mol. The molecular weight excluding hydrogens is 204 g/mol. The van der Waals surface area contributed by atoms with Crippen LogP contribution >= 0.6 is 0 Å². The van der Waals surface area contributed by atoms with E-state index in [9.17, 15) is 14.7 Å². The molecule has 0 spiro atoms. The first-order valence-electron chi connectivity index (χ1n) is 3.80. The van der Waals surface area contributed by atoms with E-state index in [0.29, 0.717) is 0 Å². The van der Waals surface area contributed by atoms with Gasteiger partial charge >= 0.3 is 11.8 Å². The zero-order valence-electron chi connectivity index (χ0n) is 7.13. The summed E-state index contributed by atoms with van der Waals surface area (Å²) in [5.74, 6) is -4.47. The first-order valence-corrected chi connectivity index (χ1v) is 3.80. The lowest BCUT2D eigenvalue weighted by molar-refractivity contribution is -0.135. The Bertz CT molecular complexity index is 604. The molecule has 0 saturated carbocycles. The summed E-state index contributed by atoms with van der Waals surface area (Å²) in [7, 11) is 0. The van der Waals surface area contributed by atoms with E-state index in [1.807, 2.05) is 0 Å². The molecule has 1 aromatic carbocycles. The highest BCUT2D eigenvalue weighted by Crippen LogP contribution is 2.28. The monoisotopic (exact) mass is 208 g/mol. The van der Waals surface area contributed by atoms with Crippen molar-refractivity contribution in [3.8, 4) is 17.2 Å². The third-order valence-corrected chi connectivity index (χ3v) is 1.83. The minimum atomic E-state index is -1.14. The van der Waals surface area contributed by atoms with E-state index in [4.69, 9.17) is 10.2 Å². The van der Waals surface area contributed by atoms with Gasteiger partial charge in [0.2, 0.25) is 5.75 Å². The lowest BCUT2D eigenvalue weighted by Gasteiger charge is -2.03. The maximum Gasteiger partial charge on any atom is 0.338 e. The van der Waals surface area contributed by atoms with Crippen LogP contribution in [0.25, 0.3) is 0 Å². The number of carbonyl (C=O) groups is 2. The Morgan fingerprint density at radius 1 is 0.933 bits per heavy atom. The fraction of sp³-hybridized carbons (Fsp3) is 0. The van der Waals surface area contributed by atoms with E-state index < -0.39 is 29.1 Å². The maximum atomic E-state index is 10.8. The Labute approximate surface area is 81.7 Å². The molecule has 3 N–H and O–H groups in total. The van der Waals surface area contributed by atoms with Gasteiger partial charge in [-0.15, -0.1) is 0 Å². The van der Waals surface area contributed by atoms with Crippen LogP contribution in [0, 0.1) is 0 Å². The van der Waals surface area contributed by atoms with Gasteiger partial charge in [-0.3, -0.25) is 9.59 Å². The summed E-state index contributed by atoms with van der Waals surface area (Å²) in [4.78, 5) is 28.2. The molecule has 0 fully saturated rings. The van der Waals surface area contributed by atoms with Crippen LogP contribution in [0.3, 0.4) is 0 Å². The number of rotatable bonds is 0. The van der Waals surface area contributed by atoms with Crippen LogP contribution in [0.5, 0.6) is 17.2 Å². The summed E-state index contributed by atoms with van der Waals surface area (Å²) in [5.41, 5.74) is 0. The molecule has 7 heteroatoms. The number of hydrogen-bond donors (Lipinski definition) is 3.